The number of H-pyrrole nitrogens is 1. The highest BCUT2D eigenvalue weighted by molar-refractivity contribution is 5.87. The molecule has 1 atom stereocenters. The summed E-state index contributed by atoms with van der Waals surface area (Å²) in [5.41, 5.74) is 5.24. The van der Waals surface area contributed by atoms with Crippen LogP contribution in [-0.4, -0.2) is 22.3 Å². The van der Waals surface area contributed by atoms with Gasteiger partial charge in [0.05, 0.1) is 6.04 Å². The van der Waals surface area contributed by atoms with Crippen molar-refractivity contribution in [2.75, 3.05) is 6.54 Å². The van der Waals surface area contributed by atoms with Crippen LogP contribution in [0.4, 0.5) is 0 Å². The van der Waals surface area contributed by atoms with Gasteiger partial charge >= 0.3 is 0 Å². The predicted octanol–water partition coefficient (Wildman–Crippen LogP) is 5.14. The van der Waals surface area contributed by atoms with E-state index in [1.165, 1.54) is 47.0 Å². The van der Waals surface area contributed by atoms with Crippen LogP contribution >= 0.6 is 0 Å². The zero-order valence-electron chi connectivity index (χ0n) is 15.8. The maximum Gasteiger partial charge on any atom is 0.226 e. The van der Waals surface area contributed by atoms with Gasteiger partial charge in [0, 0.05) is 29.1 Å². The van der Waals surface area contributed by atoms with Crippen LogP contribution in [0.3, 0.4) is 0 Å². The van der Waals surface area contributed by atoms with Crippen LogP contribution in [0.15, 0.2) is 18.2 Å². The molecule has 3 nitrogen and oxygen atoms in total. The second-order valence-electron chi connectivity index (χ2n) is 8.37. The van der Waals surface area contributed by atoms with Gasteiger partial charge in [0.1, 0.15) is 0 Å². The van der Waals surface area contributed by atoms with Crippen molar-refractivity contribution in [3.63, 3.8) is 0 Å². The number of nitrogens with one attached hydrogen (secondary N) is 1. The summed E-state index contributed by atoms with van der Waals surface area (Å²) in [6.45, 7) is 7.52. The summed E-state index contributed by atoms with van der Waals surface area (Å²) in [6, 6.07) is 6.83. The van der Waals surface area contributed by atoms with Crippen molar-refractivity contribution in [1.29, 1.82) is 0 Å². The first kappa shape index (κ1) is 16.7. The molecule has 2 aliphatic rings. The Balaban J connectivity index is 1.72. The molecule has 1 amide bonds. The standard InChI is InChI=1S/C22H30N2O/c1-14(2)21-20-17(18-13-15(3)9-10-19(18)23-20)11-12-24(21)22(25)16-7-5-4-6-8-16/h9-10,13-14,16,21,23H,4-8,11-12H2,1-3H3. The maximum absolute atomic E-state index is 13.3. The molecule has 25 heavy (non-hydrogen) atoms. The maximum atomic E-state index is 13.3. The fourth-order valence-electron chi connectivity index (χ4n) is 4.96. The van der Waals surface area contributed by atoms with Gasteiger partial charge in [-0.05, 0) is 49.8 Å². The van der Waals surface area contributed by atoms with Crippen LogP contribution in [0, 0.1) is 18.8 Å². The van der Waals surface area contributed by atoms with Gasteiger partial charge in [0.2, 0.25) is 5.91 Å². The van der Waals surface area contributed by atoms with E-state index in [1.807, 2.05) is 0 Å². The van der Waals surface area contributed by atoms with E-state index in [4.69, 9.17) is 0 Å². The Morgan fingerprint density at radius 3 is 2.68 bits per heavy atom. The zero-order valence-corrected chi connectivity index (χ0v) is 15.8. The van der Waals surface area contributed by atoms with Gasteiger partial charge in [-0.15, -0.1) is 0 Å². The molecule has 1 aliphatic heterocycles. The first-order valence-electron chi connectivity index (χ1n) is 9.98. The second-order valence-corrected chi connectivity index (χ2v) is 8.37. The van der Waals surface area contributed by atoms with Crippen LogP contribution < -0.4 is 0 Å². The molecule has 2 aromatic rings. The SMILES string of the molecule is Cc1ccc2[nH]c3c(c2c1)CCN(C(=O)C1CCCCC1)C3C(C)C. The lowest BCUT2D eigenvalue weighted by Crippen LogP contribution is -2.45. The lowest BCUT2D eigenvalue weighted by Gasteiger charge is -2.40. The number of rotatable bonds is 2. The first-order valence-corrected chi connectivity index (χ1v) is 9.98. The predicted molar refractivity (Wildman–Crippen MR) is 103 cm³/mol. The van der Waals surface area contributed by atoms with E-state index in [1.54, 1.807) is 0 Å². The molecule has 134 valence electrons. The number of aromatic nitrogens is 1. The molecule has 0 radical (unpaired) electrons. The van der Waals surface area contributed by atoms with Gasteiger partial charge in [-0.25, -0.2) is 0 Å². The third-order valence-electron chi connectivity index (χ3n) is 6.20. The Morgan fingerprint density at radius 2 is 1.96 bits per heavy atom. The number of carbonyl (C=O) groups excluding carboxylic acids is 1. The normalized spacial score (nSPS) is 21.8. The molecule has 1 saturated carbocycles. The number of nitrogens with zero attached hydrogens (tertiary/aromatic N) is 1. The van der Waals surface area contributed by atoms with Gasteiger partial charge < -0.3 is 9.88 Å². The van der Waals surface area contributed by atoms with Crippen LogP contribution in [0.5, 0.6) is 0 Å². The van der Waals surface area contributed by atoms with Crippen molar-refractivity contribution >= 4 is 16.8 Å². The van der Waals surface area contributed by atoms with Gasteiger partial charge in [0.15, 0.2) is 0 Å². The van der Waals surface area contributed by atoms with E-state index in [2.05, 4.69) is 48.9 Å². The Kier molecular flexibility index (Phi) is 4.35. The number of hydrogen-bond acceptors (Lipinski definition) is 1. The number of aromatic amines is 1. The summed E-state index contributed by atoms with van der Waals surface area (Å²) < 4.78 is 0. The van der Waals surface area contributed by atoms with Gasteiger partial charge in [-0.3, -0.25) is 4.79 Å². The summed E-state index contributed by atoms with van der Waals surface area (Å²) in [6.07, 6.45) is 6.86. The molecule has 2 heterocycles. The number of amides is 1. The van der Waals surface area contributed by atoms with E-state index in [-0.39, 0.29) is 12.0 Å². The highest BCUT2D eigenvalue weighted by Gasteiger charge is 2.37. The Hall–Kier alpha value is -1.77. The molecular weight excluding hydrogens is 308 g/mol. The Morgan fingerprint density at radius 1 is 1.20 bits per heavy atom. The Bertz CT molecular complexity index is 783. The number of fused-ring (bicyclic) bond motifs is 3. The minimum Gasteiger partial charge on any atom is -0.356 e. The van der Waals surface area contributed by atoms with Crippen molar-refractivity contribution in [1.82, 2.24) is 9.88 Å². The number of aryl methyl sites for hydroxylation is 1. The van der Waals surface area contributed by atoms with Crippen LogP contribution in [0.2, 0.25) is 0 Å². The molecule has 1 fully saturated rings. The average molecular weight is 338 g/mol. The molecule has 1 unspecified atom stereocenters. The topological polar surface area (TPSA) is 36.1 Å². The van der Waals surface area contributed by atoms with Crippen LogP contribution in [0.1, 0.15) is 68.8 Å². The number of hydrogen-bond donors (Lipinski definition) is 1. The Labute approximate surface area is 150 Å². The lowest BCUT2D eigenvalue weighted by molar-refractivity contribution is -0.140. The fraction of sp³-hybridized carbons (Fsp3) is 0.591. The van der Waals surface area contributed by atoms with Crippen LogP contribution in [0.25, 0.3) is 10.9 Å². The minimum absolute atomic E-state index is 0.186. The van der Waals surface area contributed by atoms with E-state index >= 15 is 0 Å². The zero-order chi connectivity index (χ0) is 17.6. The van der Waals surface area contributed by atoms with Crippen molar-refractivity contribution in [2.45, 2.75) is 65.3 Å². The summed E-state index contributed by atoms with van der Waals surface area (Å²) in [5, 5.41) is 1.35. The third kappa shape index (κ3) is 2.88. The summed E-state index contributed by atoms with van der Waals surface area (Å²) in [4.78, 5) is 19.1. The lowest BCUT2D eigenvalue weighted by atomic mass is 9.85. The fourth-order valence-corrected chi connectivity index (χ4v) is 4.96. The van der Waals surface area contributed by atoms with E-state index in [0.29, 0.717) is 11.8 Å². The molecule has 1 aliphatic carbocycles. The van der Waals surface area contributed by atoms with Crippen molar-refractivity contribution in [3.8, 4) is 0 Å². The summed E-state index contributed by atoms with van der Waals surface area (Å²) >= 11 is 0. The van der Waals surface area contributed by atoms with Gasteiger partial charge in [-0.2, -0.15) is 0 Å². The van der Waals surface area contributed by atoms with Crippen molar-refractivity contribution < 1.29 is 4.79 Å². The van der Waals surface area contributed by atoms with Crippen LogP contribution in [-0.2, 0) is 11.2 Å². The minimum atomic E-state index is 0.186. The largest absolute Gasteiger partial charge is 0.356 e. The third-order valence-corrected chi connectivity index (χ3v) is 6.20. The second kappa shape index (κ2) is 6.51. The number of benzene rings is 1. The van der Waals surface area contributed by atoms with Crippen molar-refractivity contribution in [3.05, 3.63) is 35.0 Å². The van der Waals surface area contributed by atoms with E-state index in [0.717, 1.165) is 25.8 Å². The molecule has 1 aromatic carbocycles. The summed E-state index contributed by atoms with van der Waals surface area (Å²) in [7, 11) is 0. The molecular formula is C22H30N2O. The highest BCUT2D eigenvalue weighted by atomic mass is 16.2. The molecule has 1 N–H and O–H groups in total. The molecule has 3 heteroatoms. The number of carbonyl (C=O) groups is 1. The highest BCUT2D eigenvalue weighted by Crippen LogP contribution is 2.40. The smallest absolute Gasteiger partial charge is 0.226 e. The molecule has 0 saturated heterocycles. The first-order chi connectivity index (χ1) is 12.1. The molecule has 0 bridgehead atoms. The van der Waals surface area contributed by atoms with E-state index in [9.17, 15) is 4.79 Å². The van der Waals surface area contributed by atoms with Gasteiger partial charge in [0.25, 0.3) is 0 Å². The molecule has 1 aromatic heterocycles. The summed E-state index contributed by atoms with van der Waals surface area (Å²) in [5.74, 6) is 1.07. The van der Waals surface area contributed by atoms with Gasteiger partial charge in [-0.1, -0.05) is 44.7 Å². The quantitative estimate of drug-likeness (QED) is 0.809. The van der Waals surface area contributed by atoms with Crippen molar-refractivity contribution in [2.24, 2.45) is 11.8 Å². The molecule has 4 rings (SSSR count). The monoisotopic (exact) mass is 338 g/mol. The molecule has 0 spiro atoms. The van der Waals surface area contributed by atoms with E-state index < -0.39 is 0 Å². The average Bonchev–Trinajstić information content (AvgIpc) is 2.98.